The third-order valence-electron chi connectivity index (χ3n) is 2.91. The second-order valence-corrected chi connectivity index (χ2v) is 7.73. The van der Waals surface area contributed by atoms with Gasteiger partial charge in [-0.2, -0.15) is 0 Å². The van der Waals surface area contributed by atoms with Gasteiger partial charge in [0.2, 0.25) is 10.0 Å². The van der Waals surface area contributed by atoms with E-state index in [-0.39, 0.29) is 26.7 Å². The predicted octanol–water partition coefficient (Wildman–Crippen LogP) is 3.68. The third kappa shape index (κ3) is 4.52. The van der Waals surface area contributed by atoms with E-state index in [0.717, 1.165) is 12.8 Å². The van der Waals surface area contributed by atoms with Crippen molar-refractivity contribution in [3.05, 3.63) is 22.2 Å². The Labute approximate surface area is 130 Å². The maximum Gasteiger partial charge on any atom is 0.242 e. The Morgan fingerprint density at radius 1 is 1.20 bits per heavy atom. The van der Waals surface area contributed by atoms with Crippen LogP contribution in [-0.4, -0.2) is 14.5 Å². The van der Waals surface area contributed by atoms with Gasteiger partial charge >= 0.3 is 0 Å². The molecule has 1 atom stereocenters. The molecule has 0 aliphatic carbocycles. The van der Waals surface area contributed by atoms with Crippen LogP contribution < -0.4 is 10.5 Å². The summed E-state index contributed by atoms with van der Waals surface area (Å²) in [6, 6.07) is 2.62. The molecule has 0 aliphatic rings. The van der Waals surface area contributed by atoms with E-state index >= 15 is 0 Å². The van der Waals surface area contributed by atoms with E-state index in [1.54, 1.807) is 0 Å². The molecule has 0 aromatic heterocycles. The topological polar surface area (TPSA) is 72.2 Å². The quantitative estimate of drug-likeness (QED) is 0.777. The summed E-state index contributed by atoms with van der Waals surface area (Å²) < 4.78 is 27.2. The largest absolute Gasteiger partial charge is 0.396 e. The van der Waals surface area contributed by atoms with Gasteiger partial charge in [-0.1, -0.05) is 37.0 Å². The highest BCUT2D eigenvalue weighted by molar-refractivity contribution is 7.89. The van der Waals surface area contributed by atoms with E-state index in [1.165, 1.54) is 12.1 Å². The summed E-state index contributed by atoms with van der Waals surface area (Å²) in [4.78, 5) is -0.0440. The van der Waals surface area contributed by atoms with Crippen LogP contribution in [0.4, 0.5) is 5.69 Å². The number of rotatable bonds is 6. The van der Waals surface area contributed by atoms with E-state index in [1.807, 2.05) is 6.92 Å². The average molecular weight is 339 g/mol. The molecule has 114 valence electrons. The molecule has 0 spiro atoms. The Kier molecular flexibility index (Phi) is 6.13. The molecule has 20 heavy (non-hydrogen) atoms. The Hall–Kier alpha value is -0.490. The zero-order valence-electron chi connectivity index (χ0n) is 11.8. The van der Waals surface area contributed by atoms with Crippen molar-refractivity contribution in [1.82, 2.24) is 4.72 Å². The summed E-state index contributed by atoms with van der Waals surface area (Å²) in [5, 5.41) is 0.197. The van der Waals surface area contributed by atoms with Gasteiger partial charge in [-0.05, 0) is 37.8 Å². The fourth-order valence-corrected chi connectivity index (χ4v) is 3.77. The van der Waals surface area contributed by atoms with Crippen LogP contribution in [0.3, 0.4) is 0 Å². The number of sulfonamides is 1. The summed E-state index contributed by atoms with van der Waals surface area (Å²) in [5.41, 5.74) is 5.73. The monoisotopic (exact) mass is 338 g/mol. The van der Waals surface area contributed by atoms with E-state index < -0.39 is 10.0 Å². The number of nitrogen functional groups attached to an aromatic ring is 1. The molecule has 1 aromatic rings. The summed E-state index contributed by atoms with van der Waals surface area (Å²) in [7, 11) is -3.70. The van der Waals surface area contributed by atoms with Crippen LogP contribution in [0.25, 0.3) is 0 Å². The van der Waals surface area contributed by atoms with Crippen molar-refractivity contribution < 1.29 is 8.42 Å². The summed E-state index contributed by atoms with van der Waals surface area (Å²) in [6.07, 6.45) is 1.71. The van der Waals surface area contributed by atoms with Gasteiger partial charge < -0.3 is 5.73 Å². The van der Waals surface area contributed by atoms with E-state index in [2.05, 4.69) is 18.6 Å². The SMILES string of the molecule is CC(C)CCC(C)NS(=O)(=O)c1ccc(Cl)c(N)c1Cl. The van der Waals surface area contributed by atoms with Crippen LogP contribution >= 0.6 is 23.2 Å². The Morgan fingerprint density at radius 3 is 2.35 bits per heavy atom. The van der Waals surface area contributed by atoms with E-state index in [9.17, 15) is 8.42 Å². The molecule has 3 N–H and O–H groups in total. The van der Waals surface area contributed by atoms with Crippen LogP contribution in [0.5, 0.6) is 0 Å². The van der Waals surface area contributed by atoms with Crippen molar-refractivity contribution >= 4 is 38.9 Å². The standard InChI is InChI=1S/C13H20Cl2N2O2S/c1-8(2)4-5-9(3)17-20(18,19)11-7-6-10(14)13(16)12(11)15/h6-9,17H,4-5,16H2,1-3H3. The van der Waals surface area contributed by atoms with Crippen molar-refractivity contribution in [2.24, 2.45) is 5.92 Å². The van der Waals surface area contributed by atoms with Crippen LogP contribution in [0, 0.1) is 5.92 Å². The molecule has 1 rings (SSSR count). The van der Waals surface area contributed by atoms with Crippen molar-refractivity contribution in [3.8, 4) is 0 Å². The van der Waals surface area contributed by atoms with Crippen LogP contribution in [0.2, 0.25) is 10.0 Å². The van der Waals surface area contributed by atoms with Gasteiger partial charge in [0.05, 0.1) is 15.7 Å². The fourth-order valence-electron chi connectivity index (χ4n) is 1.73. The lowest BCUT2D eigenvalue weighted by molar-refractivity contribution is 0.485. The second-order valence-electron chi connectivity index (χ2n) is 5.27. The van der Waals surface area contributed by atoms with Crippen LogP contribution in [-0.2, 0) is 10.0 Å². The number of halogens is 2. The van der Waals surface area contributed by atoms with Crippen molar-refractivity contribution in [2.45, 2.75) is 44.6 Å². The highest BCUT2D eigenvalue weighted by Gasteiger charge is 2.22. The van der Waals surface area contributed by atoms with E-state index in [4.69, 9.17) is 28.9 Å². The first-order valence-electron chi connectivity index (χ1n) is 6.41. The number of benzene rings is 1. The molecule has 0 amide bonds. The maximum atomic E-state index is 12.3. The lowest BCUT2D eigenvalue weighted by atomic mass is 10.1. The van der Waals surface area contributed by atoms with Gasteiger partial charge in [0.15, 0.2) is 0 Å². The molecular weight excluding hydrogens is 319 g/mol. The number of hydrogen-bond acceptors (Lipinski definition) is 3. The summed E-state index contributed by atoms with van der Waals surface area (Å²) in [6.45, 7) is 6.02. The molecule has 0 saturated heterocycles. The first-order chi connectivity index (χ1) is 9.15. The minimum absolute atomic E-state index is 0.0407. The maximum absolute atomic E-state index is 12.3. The number of nitrogens with two attached hydrogens (primary N) is 1. The second kappa shape index (κ2) is 6.98. The molecular formula is C13H20Cl2N2O2S. The van der Waals surface area contributed by atoms with Gasteiger partial charge in [0, 0.05) is 6.04 Å². The molecule has 0 radical (unpaired) electrons. The molecule has 0 heterocycles. The van der Waals surface area contributed by atoms with Crippen molar-refractivity contribution in [3.63, 3.8) is 0 Å². The minimum atomic E-state index is -3.70. The van der Waals surface area contributed by atoms with Gasteiger partial charge in [-0.15, -0.1) is 0 Å². The predicted molar refractivity (Wildman–Crippen MR) is 84.7 cm³/mol. The average Bonchev–Trinajstić information content (AvgIpc) is 2.32. The number of nitrogens with one attached hydrogen (secondary N) is 1. The van der Waals surface area contributed by atoms with Crippen molar-refractivity contribution in [1.29, 1.82) is 0 Å². The molecule has 7 heteroatoms. The molecule has 1 aromatic carbocycles. The molecule has 0 bridgehead atoms. The smallest absolute Gasteiger partial charge is 0.242 e. The van der Waals surface area contributed by atoms with Gasteiger partial charge in [-0.3, -0.25) is 0 Å². The zero-order valence-corrected chi connectivity index (χ0v) is 14.1. The van der Waals surface area contributed by atoms with Crippen LogP contribution in [0.1, 0.15) is 33.6 Å². The molecule has 0 aliphatic heterocycles. The summed E-state index contributed by atoms with van der Waals surface area (Å²) in [5.74, 6) is 0.525. The van der Waals surface area contributed by atoms with Gasteiger partial charge in [0.1, 0.15) is 4.90 Å². The molecule has 0 fully saturated rings. The first kappa shape index (κ1) is 17.6. The van der Waals surface area contributed by atoms with Gasteiger partial charge in [-0.25, -0.2) is 13.1 Å². The normalized spacial score (nSPS) is 13.7. The number of anilines is 1. The molecule has 1 unspecified atom stereocenters. The minimum Gasteiger partial charge on any atom is -0.396 e. The van der Waals surface area contributed by atoms with Crippen molar-refractivity contribution in [2.75, 3.05) is 5.73 Å². The molecule has 0 saturated carbocycles. The Morgan fingerprint density at radius 2 is 1.80 bits per heavy atom. The lowest BCUT2D eigenvalue weighted by Gasteiger charge is -2.16. The number of hydrogen-bond donors (Lipinski definition) is 2. The fraction of sp³-hybridized carbons (Fsp3) is 0.538. The highest BCUT2D eigenvalue weighted by Crippen LogP contribution is 2.33. The first-order valence-corrected chi connectivity index (χ1v) is 8.65. The Balaban J connectivity index is 2.92. The van der Waals surface area contributed by atoms with E-state index in [0.29, 0.717) is 5.92 Å². The third-order valence-corrected chi connectivity index (χ3v) is 5.39. The van der Waals surface area contributed by atoms with Gasteiger partial charge in [0.25, 0.3) is 0 Å². The lowest BCUT2D eigenvalue weighted by Crippen LogP contribution is -2.33. The summed E-state index contributed by atoms with van der Waals surface area (Å²) >= 11 is 11.8. The zero-order chi connectivity index (χ0) is 15.5. The highest BCUT2D eigenvalue weighted by atomic mass is 35.5. The van der Waals surface area contributed by atoms with Crippen LogP contribution in [0.15, 0.2) is 17.0 Å². The molecule has 4 nitrogen and oxygen atoms in total. The Bertz CT molecular complexity index is 574.